The summed E-state index contributed by atoms with van der Waals surface area (Å²) in [6.07, 6.45) is 7.12. The first-order valence-corrected chi connectivity index (χ1v) is 8.45. The first-order chi connectivity index (χ1) is 11.6. The second-order valence-corrected chi connectivity index (χ2v) is 6.91. The molecular weight excluding hydrogens is 324 g/mol. The Kier molecular flexibility index (Phi) is 3.90. The fourth-order valence-corrected chi connectivity index (χ4v) is 3.56. The molecule has 0 aliphatic heterocycles. The Bertz CT molecular complexity index is 872. The topological polar surface area (TPSA) is 63.0 Å². The van der Waals surface area contributed by atoms with E-state index in [0.717, 1.165) is 35.0 Å². The first kappa shape index (κ1) is 15.4. The third-order valence-electron chi connectivity index (χ3n) is 4.72. The van der Waals surface area contributed by atoms with Crippen LogP contribution in [0.1, 0.15) is 24.4 Å². The number of nitrogens with zero attached hydrogens (tertiary/aromatic N) is 3. The van der Waals surface area contributed by atoms with Crippen LogP contribution in [-0.4, -0.2) is 26.0 Å². The lowest BCUT2D eigenvalue weighted by atomic mass is 9.75. The van der Waals surface area contributed by atoms with Gasteiger partial charge in [0.15, 0.2) is 0 Å². The largest absolute Gasteiger partial charge is 0.393 e. The lowest BCUT2D eigenvalue weighted by Gasteiger charge is -2.38. The molecule has 0 saturated heterocycles. The maximum atomic E-state index is 9.72. The molecule has 1 aliphatic carbocycles. The zero-order valence-electron chi connectivity index (χ0n) is 13.4. The van der Waals surface area contributed by atoms with Gasteiger partial charge in [0.2, 0.25) is 0 Å². The van der Waals surface area contributed by atoms with Gasteiger partial charge in [0.05, 0.1) is 23.9 Å². The quantitative estimate of drug-likeness (QED) is 0.761. The van der Waals surface area contributed by atoms with Gasteiger partial charge in [-0.15, -0.1) is 0 Å². The Morgan fingerprint density at radius 2 is 2.17 bits per heavy atom. The van der Waals surface area contributed by atoms with Crippen molar-refractivity contribution < 1.29 is 5.11 Å². The van der Waals surface area contributed by atoms with E-state index in [9.17, 15) is 5.11 Å². The Balaban J connectivity index is 1.71. The minimum atomic E-state index is -0.195. The first-order valence-electron chi connectivity index (χ1n) is 8.07. The van der Waals surface area contributed by atoms with Crippen molar-refractivity contribution in [3.05, 3.63) is 53.4 Å². The van der Waals surface area contributed by atoms with Gasteiger partial charge in [-0.05, 0) is 43.0 Å². The van der Waals surface area contributed by atoms with Crippen molar-refractivity contribution in [3.63, 3.8) is 0 Å². The summed E-state index contributed by atoms with van der Waals surface area (Å²) in [7, 11) is 1.91. The zero-order valence-corrected chi connectivity index (χ0v) is 14.1. The molecule has 124 valence electrons. The summed E-state index contributed by atoms with van der Waals surface area (Å²) in [5.41, 5.74) is 3.03. The summed E-state index contributed by atoms with van der Waals surface area (Å²) < 4.78 is 1.81. The van der Waals surface area contributed by atoms with E-state index in [1.807, 2.05) is 43.7 Å². The van der Waals surface area contributed by atoms with E-state index in [2.05, 4.69) is 15.4 Å². The predicted molar refractivity (Wildman–Crippen MR) is 95.1 cm³/mol. The fourth-order valence-electron chi connectivity index (χ4n) is 3.39. The highest BCUT2D eigenvalue weighted by Crippen LogP contribution is 2.40. The molecule has 1 aromatic carbocycles. The lowest BCUT2D eigenvalue weighted by molar-refractivity contribution is 0.0340. The molecule has 0 radical (unpaired) electrons. The van der Waals surface area contributed by atoms with Crippen molar-refractivity contribution in [2.45, 2.75) is 25.0 Å². The van der Waals surface area contributed by atoms with Gasteiger partial charge in [-0.1, -0.05) is 11.6 Å². The number of anilines is 1. The Morgan fingerprint density at radius 3 is 2.88 bits per heavy atom. The predicted octanol–water partition coefficient (Wildman–Crippen LogP) is 3.55. The van der Waals surface area contributed by atoms with Crippen LogP contribution in [0.4, 0.5) is 5.69 Å². The summed E-state index contributed by atoms with van der Waals surface area (Å²) >= 11 is 6.17. The number of aliphatic hydroxyl groups excluding tert-OH is 1. The number of hydrogen-bond donors (Lipinski definition) is 2. The average molecular weight is 343 g/mol. The van der Waals surface area contributed by atoms with E-state index in [4.69, 9.17) is 11.6 Å². The number of halogens is 1. The van der Waals surface area contributed by atoms with E-state index in [1.54, 1.807) is 10.9 Å². The van der Waals surface area contributed by atoms with Crippen molar-refractivity contribution in [2.75, 3.05) is 5.32 Å². The average Bonchev–Trinajstić information content (AvgIpc) is 2.96. The number of aromatic nitrogens is 3. The maximum Gasteiger partial charge on any atom is 0.0723 e. The summed E-state index contributed by atoms with van der Waals surface area (Å²) in [5.74, 6) is 0.381. The molecule has 3 aromatic rings. The van der Waals surface area contributed by atoms with Crippen LogP contribution in [-0.2, 0) is 7.05 Å². The highest BCUT2D eigenvalue weighted by molar-refractivity contribution is 6.31. The summed E-state index contributed by atoms with van der Waals surface area (Å²) in [6, 6.07) is 7.78. The van der Waals surface area contributed by atoms with Crippen LogP contribution < -0.4 is 5.32 Å². The smallest absolute Gasteiger partial charge is 0.0723 e. The molecule has 2 aromatic heterocycles. The molecule has 24 heavy (non-hydrogen) atoms. The van der Waals surface area contributed by atoms with Crippen molar-refractivity contribution in [1.29, 1.82) is 0 Å². The van der Waals surface area contributed by atoms with Crippen LogP contribution in [0.5, 0.6) is 0 Å². The van der Waals surface area contributed by atoms with E-state index >= 15 is 0 Å². The molecule has 0 unspecified atom stereocenters. The van der Waals surface area contributed by atoms with Crippen LogP contribution in [0.3, 0.4) is 0 Å². The van der Waals surface area contributed by atoms with Gasteiger partial charge in [-0.3, -0.25) is 9.67 Å². The zero-order chi connectivity index (χ0) is 16.7. The molecule has 0 spiro atoms. The molecule has 5 nitrogen and oxygen atoms in total. The molecule has 0 bridgehead atoms. The molecule has 1 atom stereocenters. The second kappa shape index (κ2) is 6.07. The number of aryl methyl sites for hydroxylation is 1. The molecule has 1 aliphatic rings. The lowest BCUT2D eigenvalue weighted by Crippen LogP contribution is -2.35. The number of hydrogen-bond acceptors (Lipinski definition) is 4. The van der Waals surface area contributed by atoms with Crippen molar-refractivity contribution in [1.82, 2.24) is 14.8 Å². The Hall–Kier alpha value is -2.11. The Morgan fingerprint density at radius 1 is 1.33 bits per heavy atom. The van der Waals surface area contributed by atoms with Crippen LogP contribution in [0.25, 0.3) is 10.9 Å². The van der Waals surface area contributed by atoms with Gasteiger partial charge in [-0.25, -0.2) is 0 Å². The van der Waals surface area contributed by atoms with Crippen molar-refractivity contribution in [2.24, 2.45) is 13.0 Å². The van der Waals surface area contributed by atoms with Gasteiger partial charge in [0.1, 0.15) is 0 Å². The summed E-state index contributed by atoms with van der Waals surface area (Å²) in [5, 5.41) is 19.3. The molecule has 0 amide bonds. The highest BCUT2D eigenvalue weighted by atomic mass is 35.5. The minimum Gasteiger partial charge on any atom is -0.393 e. The van der Waals surface area contributed by atoms with Crippen LogP contribution >= 0.6 is 11.6 Å². The number of aliphatic hydroxyl groups is 1. The summed E-state index contributed by atoms with van der Waals surface area (Å²) in [6.45, 7) is 0. The van der Waals surface area contributed by atoms with Gasteiger partial charge < -0.3 is 10.4 Å². The monoisotopic (exact) mass is 342 g/mol. The minimum absolute atomic E-state index is 0.103. The number of rotatable bonds is 4. The standard InChI is InChI=1S/C18H19ClN4O/c1-23-10-12(9-21-23)18(11-6-14(24)7-11)22-17-4-5-20-16-3-2-13(19)8-15(16)17/h2-5,8-11,14,18,24H,6-7H2,1H3,(H,20,22)/t11?,14?,18-/m1/s1. The molecule has 1 fully saturated rings. The van der Waals surface area contributed by atoms with Gasteiger partial charge in [-0.2, -0.15) is 5.10 Å². The molecule has 4 rings (SSSR count). The van der Waals surface area contributed by atoms with E-state index in [0.29, 0.717) is 10.9 Å². The van der Waals surface area contributed by atoms with Gasteiger partial charge in [0, 0.05) is 41.1 Å². The van der Waals surface area contributed by atoms with Crippen molar-refractivity contribution >= 4 is 28.2 Å². The fraction of sp³-hybridized carbons (Fsp3) is 0.333. The van der Waals surface area contributed by atoms with Crippen LogP contribution in [0.2, 0.25) is 5.02 Å². The number of pyridine rings is 1. The third-order valence-corrected chi connectivity index (χ3v) is 4.95. The molecule has 2 heterocycles. The van der Waals surface area contributed by atoms with E-state index < -0.39 is 0 Å². The third kappa shape index (κ3) is 2.85. The second-order valence-electron chi connectivity index (χ2n) is 6.47. The normalized spacial score (nSPS) is 21.5. The van der Waals surface area contributed by atoms with E-state index in [1.165, 1.54) is 0 Å². The summed E-state index contributed by atoms with van der Waals surface area (Å²) in [4.78, 5) is 4.40. The maximum absolute atomic E-state index is 9.72. The number of nitrogens with one attached hydrogen (secondary N) is 1. The van der Waals surface area contributed by atoms with Crippen LogP contribution in [0, 0.1) is 5.92 Å². The molecule has 6 heteroatoms. The Labute approximate surface area is 145 Å². The van der Waals surface area contributed by atoms with E-state index in [-0.39, 0.29) is 12.1 Å². The van der Waals surface area contributed by atoms with Crippen LogP contribution in [0.15, 0.2) is 42.9 Å². The SMILES string of the molecule is Cn1cc([C@H](Nc2ccnc3ccc(Cl)cc23)C2CC(O)C2)cn1. The molecule has 1 saturated carbocycles. The van der Waals surface area contributed by atoms with Crippen molar-refractivity contribution in [3.8, 4) is 0 Å². The number of fused-ring (bicyclic) bond motifs is 1. The van der Waals surface area contributed by atoms with Gasteiger partial charge >= 0.3 is 0 Å². The molecular formula is C18H19ClN4O. The number of benzene rings is 1. The highest BCUT2D eigenvalue weighted by Gasteiger charge is 2.35. The van der Waals surface area contributed by atoms with Gasteiger partial charge in [0.25, 0.3) is 0 Å². The molecule has 2 N–H and O–H groups in total.